The third-order valence-electron chi connectivity index (χ3n) is 4.19. The van der Waals surface area contributed by atoms with Gasteiger partial charge in [-0.2, -0.15) is 0 Å². The minimum Gasteiger partial charge on any atom is -0.497 e. The molecule has 2 aromatic carbocycles. The molecule has 0 bridgehead atoms. The fraction of sp³-hybridized carbons (Fsp3) is 0.278. The van der Waals surface area contributed by atoms with E-state index < -0.39 is 0 Å². The third kappa shape index (κ3) is 2.48. The first kappa shape index (κ1) is 15.2. The van der Waals surface area contributed by atoms with Crippen molar-refractivity contribution in [1.29, 1.82) is 0 Å². The molecule has 0 saturated heterocycles. The van der Waals surface area contributed by atoms with Crippen molar-refractivity contribution < 1.29 is 19.4 Å². The van der Waals surface area contributed by atoms with Crippen LogP contribution >= 0.6 is 0 Å². The van der Waals surface area contributed by atoms with Crippen LogP contribution in [0.3, 0.4) is 0 Å². The summed E-state index contributed by atoms with van der Waals surface area (Å²) < 4.78 is 16.4. The second-order valence-electron chi connectivity index (χ2n) is 5.29. The van der Waals surface area contributed by atoms with Gasteiger partial charge in [-0.1, -0.05) is 11.2 Å². The number of hydrogen-bond acceptors (Lipinski definition) is 5. The maximum absolute atomic E-state index is 9.42. The minimum atomic E-state index is 0.635. The van der Waals surface area contributed by atoms with Crippen LogP contribution in [0.2, 0.25) is 0 Å². The Bertz CT molecular complexity index is 768. The lowest BCUT2D eigenvalue weighted by Crippen LogP contribution is -2.04. The zero-order valence-electron chi connectivity index (χ0n) is 13.4. The van der Waals surface area contributed by atoms with Gasteiger partial charge < -0.3 is 19.4 Å². The Labute approximate surface area is 135 Å². The van der Waals surface area contributed by atoms with Gasteiger partial charge in [-0.15, -0.1) is 0 Å². The first-order chi connectivity index (χ1) is 11.2. The van der Waals surface area contributed by atoms with Gasteiger partial charge in [-0.25, -0.2) is 0 Å². The number of rotatable bonds is 3. The van der Waals surface area contributed by atoms with Crippen molar-refractivity contribution in [2.24, 2.45) is 5.16 Å². The molecule has 1 N–H and O–H groups in total. The van der Waals surface area contributed by atoms with Crippen molar-refractivity contribution in [3.63, 3.8) is 0 Å². The fourth-order valence-corrected chi connectivity index (χ4v) is 3.07. The molecule has 0 heterocycles. The number of fused-ring (bicyclic) bond motifs is 3. The van der Waals surface area contributed by atoms with Gasteiger partial charge >= 0.3 is 0 Å². The minimum absolute atomic E-state index is 0.635. The van der Waals surface area contributed by atoms with E-state index in [1.165, 1.54) is 0 Å². The van der Waals surface area contributed by atoms with E-state index in [1.807, 2.05) is 30.3 Å². The highest BCUT2D eigenvalue weighted by molar-refractivity contribution is 6.08. The molecule has 5 heteroatoms. The van der Waals surface area contributed by atoms with E-state index in [4.69, 9.17) is 14.2 Å². The topological polar surface area (TPSA) is 60.3 Å². The standard InChI is InChI=1S/C18H19NO4/c1-21-12-5-6-13-11(10-12)4-8-15(19-20)14-7-9-16(22-2)18(23-3)17(13)14/h5-7,9-10,20H,4,8H2,1-3H3/b19-15+. The molecule has 0 aliphatic heterocycles. The zero-order valence-corrected chi connectivity index (χ0v) is 13.4. The Kier molecular flexibility index (Phi) is 4.10. The van der Waals surface area contributed by atoms with E-state index in [-0.39, 0.29) is 0 Å². The van der Waals surface area contributed by atoms with Crippen LogP contribution in [0.5, 0.6) is 17.2 Å². The van der Waals surface area contributed by atoms with Gasteiger partial charge in [0.15, 0.2) is 11.5 Å². The molecule has 0 saturated carbocycles. The summed E-state index contributed by atoms with van der Waals surface area (Å²) in [6.45, 7) is 0. The van der Waals surface area contributed by atoms with Crippen molar-refractivity contribution >= 4 is 5.71 Å². The Morgan fingerprint density at radius 2 is 1.70 bits per heavy atom. The summed E-state index contributed by atoms with van der Waals surface area (Å²) in [5.41, 5.74) is 4.53. The van der Waals surface area contributed by atoms with Crippen LogP contribution in [0.15, 0.2) is 35.5 Å². The SMILES string of the molecule is COc1ccc2c(c1)CC/C(=N\O)c1ccc(OC)c(OC)c1-2. The summed E-state index contributed by atoms with van der Waals surface area (Å²) in [5.74, 6) is 2.09. The lowest BCUT2D eigenvalue weighted by molar-refractivity contribution is 0.318. The largest absolute Gasteiger partial charge is 0.497 e. The number of nitrogens with zero attached hydrogens (tertiary/aromatic N) is 1. The molecule has 3 rings (SSSR count). The fourth-order valence-electron chi connectivity index (χ4n) is 3.07. The van der Waals surface area contributed by atoms with Crippen LogP contribution in [0.4, 0.5) is 0 Å². The summed E-state index contributed by atoms with van der Waals surface area (Å²) in [6, 6.07) is 9.68. The molecule has 1 aliphatic carbocycles. The maximum atomic E-state index is 9.42. The second kappa shape index (κ2) is 6.20. The van der Waals surface area contributed by atoms with Gasteiger partial charge in [0.05, 0.1) is 27.0 Å². The molecule has 0 amide bonds. The zero-order chi connectivity index (χ0) is 16.4. The molecule has 2 aromatic rings. The molecular weight excluding hydrogens is 294 g/mol. The van der Waals surface area contributed by atoms with Gasteiger partial charge in [-0.05, 0) is 48.2 Å². The molecule has 0 atom stereocenters. The Balaban J connectivity index is 2.35. The Morgan fingerprint density at radius 1 is 0.913 bits per heavy atom. The monoisotopic (exact) mass is 313 g/mol. The molecule has 120 valence electrons. The molecule has 5 nitrogen and oxygen atoms in total. The number of aryl methyl sites for hydroxylation is 1. The smallest absolute Gasteiger partial charge is 0.169 e. The highest BCUT2D eigenvalue weighted by atomic mass is 16.5. The van der Waals surface area contributed by atoms with Crippen LogP contribution in [0.25, 0.3) is 11.1 Å². The van der Waals surface area contributed by atoms with E-state index in [1.54, 1.807) is 21.3 Å². The van der Waals surface area contributed by atoms with E-state index in [2.05, 4.69) is 5.16 Å². The predicted molar refractivity (Wildman–Crippen MR) is 88.2 cm³/mol. The van der Waals surface area contributed by atoms with Crippen LogP contribution in [-0.4, -0.2) is 32.2 Å². The third-order valence-corrected chi connectivity index (χ3v) is 4.19. The van der Waals surface area contributed by atoms with Crippen molar-refractivity contribution in [3.05, 3.63) is 41.5 Å². The lowest BCUT2D eigenvalue weighted by atomic mass is 9.94. The molecular formula is C18H19NO4. The van der Waals surface area contributed by atoms with Crippen molar-refractivity contribution in [2.45, 2.75) is 12.8 Å². The predicted octanol–water partition coefficient (Wildman–Crippen LogP) is 3.50. The van der Waals surface area contributed by atoms with Crippen LogP contribution in [-0.2, 0) is 6.42 Å². The molecule has 0 fully saturated rings. The van der Waals surface area contributed by atoms with E-state index in [0.717, 1.165) is 34.4 Å². The highest BCUT2D eigenvalue weighted by Gasteiger charge is 2.25. The molecule has 23 heavy (non-hydrogen) atoms. The summed E-state index contributed by atoms with van der Waals surface area (Å²) in [7, 11) is 4.87. The van der Waals surface area contributed by atoms with Crippen LogP contribution < -0.4 is 14.2 Å². The van der Waals surface area contributed by atoms with Gasteiger partial charge in [0.2, 0.25) is 0 Å². The Morgan fingerprint density at radius 3 is 2.35 bits per heavy atom. The summed E-state index contributed by atoms with van der Waals surface area (Å²) in [5, 5.41) is 12.9. The van der Waals surface area contributed by atoms with Crippen LogP contribution in [0, 0.1) is 0 Å². The molecule has 1 aliphatic rings. The van der Waals surface area contributed by atoms with Crippen molar-refractivity contribution in [2.75, 3.05) is 21.3 Å². The average Bonchev–Trinajstić information content (AvgIpc) is 2.76. The number of ether oxygens (including phenoxy) is 3. The first-order valence-electron chi connectivity index (χ1n) is 7.37. The summed E-state index contributed by atoms with van der Waals surface area (Å²) >= 11 is 0. The van der Waals surface area contributed by atoms with Crippen LogP contribution in [0.1, 0.15) is 17.5 Å². The number of oxime groups is 1. The molecule has 0 aromatic heterocycles. The number of benzene rings is 2. The first-order valence-corrected chi connectivity index (χ1v) is 7.37. The quantitative estimate of drug-likeness (QED) is 0.696. The normalized spacial score (nSPS) is 14.7. The number of methoxy groups -OCH3 is 3. The van der Waals surface area contributed by atoms with Crippen molar-refractivity contribution in [1.82, 2.24) is 0 Å². The average molecular weight is 313 g/mol. The van der Waals surface area contributed by atoms with E-state index in [0.29, 0.717) is 23.6 Å². The van der Waals surface area contributed by atoms with E-state index in [9.17, 15) is 5.21 Å². The summed E-state index contributed by atoms with van der Waals surface area (Å²) in [6.07, 6.45) is 1.39. The second-order valence-corrected chi connectivity index (χ2v) is 5.29. The Hall–Kier alpha value is -2.69. The number of hydrogen-bond donors (Lipinski definition) is 1. The van der Waals surface area contributed by atoms with Gasteiger partial charge in [0.1, 0.15) is 5.75 Å². The van der Waals surface area contributed by atoms with Gasteiger partial charge in [0.25, 0.3) is 0 Å². The maximum Gasteiger partial charge on any atom is 0.169 e. The summed E-state index contributed by atoms with van der Waals surface area (Å²) in [4.78, 5) is 0. The molecule has 0 radical (unpaired) electrons. The highest BCUT2D eigenvalue weighted by Crippen LogP contribution is 2.44. The van der Waals surface area contributed by atoms with E-state index >= 15 is 0 Å². The van der Waals surface area contributed by atoms with Gasteiger partial charge in [-0.3, -0.25) is 0 Å². The van der Waals surface area contributed by atoms with Gasteiger partial charge in [0, 0.05) is 11.1 Å². The molecule has 0 spiro atoms. The molecule has 0 unspecified atom stereocenters. The van der Waals surface area contributed by atoms with Crippen molar-refractivity contribution in [3.8, 4) is 28.4 Å². The lowest BCUT2D eigenvalue weighted by Gasteiger charge is -2.17.